The molecule has 0 atom stereocenters. The van der Waals surface area contributed by atoms with Crippen LogP contribution in [0.25, 0.3) is 22.1 Å². The molecule has 0 unspecified atom stereocenters. The molecule has 2 heterocycles. The molecular weight excluding hydrogens is 246 g/mol. The number of nitrogens with one attached hydrogen (secondary N) is 1. The summed E-state index contributed by atoms with van der Waals surface area (Å²) >= 11 is 0. The number of hydrogen-bond acceptors (Lipinski definition) is 6. The van der Waals surface area contributed by atoms with Crippen LogP contribution in [0.3, 0.4) is 0 Å². The molecule has 0 bridgehead atoms. The molecular formula is C13H10N3O3-. The lowest BCUT2D eigenvalue weighted by molar-refractivity contribution is -0.302. The highest BCUT2D eigenvalue weighted by atomic mass is 16.4. The molecule has 2 aromatic heterocycles. The number of para-hydroxylation sites is 1. The highest BCUT2D eigenvalue weighted by Gasteiger charge is 2.13. The van der Waals surface area contributed by atoms with Crippen LogP contribution in [0.2, 0.25) is 0 Å². The first-order chi connectivity index (χ1) is 9.15. The van der Waals surface area contributed by atoms with Crippen LogP contribution in [0, 0.1) is 6.92 Å². The van der Waals surface area contributed by atoms with Gasteiger partial charge >= 0.3 is 0 Å². The fraction of sp³-hybridized carbons (Fsp3) is 0.154. The van der Waals surface area contributed by atoms with E-state index in [9.17, 15) is 9.90 Å². The predicted octanol–water partition coefficient (Wildman–Crippen LogP) is 0.846. The number of anilines is 1. The van der Waals surface area contributed by atoms with Crippen LogP contribution in [0.1, 0.15) is 5.82 Å². The van der Waals surface area contributed by atoms with Gasteiger partial charge < -0.3 is 19.6 Å². The van der Waals surface area contributed by atoms with Gasteiger partial charge in [-0.15, -0.1) is 0 Å². The van der Waals surface area contributed by atoms with Crippen molar-refractivity contribution in [1.82, 2.24) is 9.97 Å². The number of rotatable bonds is 3. The van der Waals surface area contributed by atoms with Crippen molar-refractivity contribution in [2.24, 2.45) is 0 Å². The predicted molar refractivity (Wildman–Crippen MR) is 67.5 cm³/mol. The fourth-order valence-electron chi connectivity index (χ4n) is 1.98. The largest absolute Gasteiger partial charge is 0.548 e. The normalized spacial score (nSPS) is 11.0. The molecule has 3 aromatic rings. The molecule has 0 aliphatic carbocycles. The minimum Gasteiger partial charge on any atom is -0.548 e. The molecule has 1 aromatic carbocycles. The first-order valence-corrected chi connectivity index (χ1v) is 5.75. The topological polar surface area (TPSA) is 91.1 Å². The van der Waals surface area contributed by atoms with Gasteiger partial charge in [-0.3, -0.25) is 0 Å². The number of furan rings is 1. The number of carboxylic acids is 1. The van der Waals surface area contributed by atoms with Gasteiger partial charge in [-0.25, -0.2) is 9.97 Å². The second kappa shape index (κ2) is 4.24. The van der Waals surface area contributed by atoms with Crippen molar-refractivity contribution >= 4 is 33.9 Å². The molecule has 6 heteroatoms. The average Bonchev–Trinajstić information content (AvgIpc) is 2.75. The summed E-state index contributed by atoms with van der Waals surface area (Å²) < 4.78 is 5.67. The van der Waals surface area contributed by atoms with Crippen molar-refractivity contribution in [3.63, 3.8) is 0 Å². The summed E-state index contributed by atoms with van der Waals surface area (Å²) in [7, 11) is 0. The Morgan fingerprint density at radius 3 is 2.95 bits per heavy atom. The third-order valence-electron chi connectivity index (χ3n) is 2.73. The first kappa shape index (κ1) is 11.5. The van der Waals surface area contributed by atoms with Crippen LogP contribution in [-0.2, 0) is 4.79 Å². The summed E-state index contributed by atoms with van der Waals surface area (Å²) in [6.45, 7) is 1.41. The zero-order chi connectivity index (χ0) is 13.4. The first-order valence-electron chi connectivity index (χ1n) is 5.75. The maximum atomic E-state index is 10.5. The maximum absolute atomic E-state index is 10.5. The van der Waals surface area contributed by atoms with Gasteiger partial charge in [0.05, 0.1) is 12.5 Å². The van der Waals surface area contributed by atoms with Gasteiger partial charge in [0.1, 0.15) is 16.9 Å². The molecule has 19 heavy (non-hydrogen) atoms. The number of aromatic nitrogens is 2. The summed E-state index contributed by atoms with van der Waals surface area (Å²) in [5.41, 5.74) is 1.81. The second-order valence-electron chi connectivity index (χ2n) is 4.12. The number of aryl methyl sites for hydroxylation is 1. The maximum Gasteiger partial charge on any atom is 0.196 e. The number of fused-ring (bicyclic) bond motifs is 3. The number of nitrogens with zero attached hydrogens (tertiary/aromatic N) is 2. The molecule has 0 amide bonds. The van der Waals surface area contributed by atoms with Gasteiger partial charge in [0.15, 0.2) is 11.4 Å². The van der Waals surface area contributed by atoms with Crippen LogP contribution in [0.5, 0.6) is 0 Å². The number of carbonyl (C=O) groups is 1. The van der Waals surface area contributed by atoms with E-state index in [1.54, 1.807) is 6.92 Å². The molecule has 0 saturated heterocycles. The van der Waals surface area contributed by atoms with E-state index < -0.39 is 5.97 Å². The number of benzene rings is 1. The van der Waals surface area contributed by atoms with Gasteiger partial charge in [-0.2, -0.15) is 0 Å². The quantitative estimate of drug-likeness (QED) is 0.746. The van der Waals surface area contributed by atoms with Crippen molar-refractivity contribution in [3.05, 3.63) is 30.1 Å². The molecule has 0 aliphatic rings. The monoisotopic (exact) mass is 256 g/mol. The second-order valence-corrected chi connectivity index (χ2v) is 4.12. The van der Waals surface area contributed by atoms with Gasteiger partial charge in [0.25, 0.3) is 0 Å². The Hall–Kier alpha value is -2.63. The van der Waals surface area contributed by atoms with E-state index in [4.69, 9.17) is 4.42 Å². The average molecular weight is 256 g/mol. The number of hydrogen-bond donors (Lipinski definition) is 1. The Labute approximate surface area is 108 Å². The lowest BCUT2D eigenvalue weighted by atomic mass is 10.2. The van der Waals surface area contributed by atoms with Crippen LogP contribution >= 0.6 is 0 Å². The molecule has 0 saturated carbocycles. The molecule has 0 radical (unpaired) electrons. The zero-order valence-electron chi connectivity index (χ0n) is 10.1. The Balaban J connectivity index is 2.23. The standard InChI is InChI=1S/C13H11N3O3/c1-7-15-11-8-4-2-3-5-9(8)19-12(11)13(16-7)14-6-10(17)18/h2-5H,6H2,1H3,(H,17,18)(H,14,15,16)/p-1. The molecule has 3 rings (SSSR count). The van der Waals surface area contributed by atoms with E-state index in [-0.39, 0.29) is 6.54 Å². The number of carboxylic acid groups (broad SMARTS) is 1. The third kappa shape index (κ3) is 1.97. The summed E-state index contributed by atoms with van der Waals surface area (Å²) in [4.78, 5) is 19.0. The lowest BCUT2D eigenvalue weighted by Crippen LogP contribution is -2.30. The van der Waals surface area contributed by atoms with Crippen LogP contribution < -0.4 is 10.4 Å². The van der Waals surface area contributed by atoms with E-state index >= 15 is 0 Å². The molecule has 0 aliphatic heterocycles. The number of aliphatic carboxylic acids is 1. The van der Waals surface area contributed by atoms with E-state index in [0.29, 0.717) is 28.3 Å². The summed E-state index contributed by atoms with van der Waals surface area (Å²) in [6.07, 6.45) is 0. The molecule has 1 N–H and O–H groups in total. The van der Waals surface area contributed by atoms with Crippen molar-refractivity contribution < 1.29 is 14.3 Å². The van der Waals surface area contributed by atoms with Crippen molar-refractivity contribution in [1.29, 1.82) is 0 Å². The zero-order valence-corrected chi connectivity index (χ0v) is 10.1. The molecule has 6 nitrogen and oxygen atoms in total. The van der Waals surface area contributed by atoms with Gasteiger partial charge in [0, 0.05) is 5.39 Å². The Morgan fingerprint density at radius 1 is 1.37 bits per heavy atom. The van der Waals surface area contributed by atoms with Crippen molar-refractivity contribution in [2.75, 3.05) is 11.9 Å². The smallest absolute Gasteiger partial charge is 0.196 e. The Kier molecular flexibility index (Phi) is 2.56. The highest BCUT2D eigenvalue weighted by molar-refractivity contribution is 6.05. The summed E-state index contributed by atoms with van der Waals surface area (Å²) in [5, 5.41) is 14.1. The van der Waals surface area contributed by atoms with Gasteiger partial charge in [-0.1, -0.05) is 12.1 Å². The van der Waals surface area contributed by atoms with E-state index in [1.807, 2.05) is 24.3 Å². The van der Waals surface area contributed by atoms with Crippen LogP contribution in [-0.4, -0.2) is 22.5 Å². The van der Waals surface area contributed by atoms with Crippen molar-refractivity contribution in [3.8, 4) is 0 Å². The van der Waals surface area contributed by atoms with E-state index in [0.717, 1.165) is 5.39 Å². The Bertz CT molecular complexity index is 779. The summed E-state index contributed by atoms with van der Waals surface area (Å²) in [6, 6.07) is 7.48. The molecule has 0 fully saturated rings. The third-order valence-corrected chi connectivity index (χ3v) is 2.73. The van der Waals surface area contributed by atoms with Gasteiger partial charge in [0.2, 0.25) is 0 Å². The van der Waals surface area contributed by atoms with Crippen LogP contribution in [0.4, 0.5) is 5.82 Å². The number of carbonyl (C=O) groups excluding carboxylic acids is 1. The highest BCUT2D eigenvalue weighted by Crippen LogP contribution is 2.30. The van der Waals surface area contributed by atoms with E-state index in [2.05, 4.69) is 15.3 Å². The Morgan fingerprint density at radius 2 is 2.16 bits per heavy atom. The van der Waals surface area contributed by atoms with Crippen LogP contribution in [0.15, 0.2) is 28.7 Å². The molecule has 96 valence electrons. The minimum absolute atomic E-state index is 0.331. The lowest BCUT2D eigenvalue weighted by Gasteiger charge is -2.06. The molecule has 0 spiro atoms. The minimum atomic E-state index is -1.21. The summed E-state index contributed by atoms with van der Waals surface area (Å²) in [5.74, 6) is -0.302. The van der Waals surface area contributed by atoms with E-state index in [1.165, 1.54) is 0 Å². The van der Waals surface area contributed by atoms with Gasteiger partial charge in [-0.05, 0) is 19.1 Å². The van der Waals surface area contributed by atoms with Crippen molar-refractivity contribution in [2.45, 2.75) is 6.92 Å². The SMILES string of the molecule is Cc1nc(NCC(=O)[O-])c2oc3ccccc3c2n1. The fourth-order valence-corrected chi connectivity index (χ4v) is 1.98.